The molecular formula is C15H25N3O2. The van der Waals surface area contributed by atoms with Gasteiger partial charge < -0.3 is 20.6 Å². The van der Waals surface area contributed by atoms with E-state index < -0.39 is 0 Å². The Kier molecular flexibility index (Phi) is 7.69. The Morgan fingerprint density at radius 3 is 2.50 bits per heavy atom. The SMILES string of the molecule is CCCNCC(=O)Nc1ccc(N(CC)CCO)cc1. The van der Waals surface area contributed by atoms with Crippen molar-refractivity contribution in [2.24, 2.45) is 0 Å². The summed E-state index contributed by atoms with van der Waals surface area (Å²) in [5, 5.41) is 14.9. The second kappa shape index (κ2) is 9.34. The van der Waals surface area contributed by atoms with Crippen LogP contribution < -0.4 is 15.5 Å². The van der Waals surface area contributed by atoms with Crippen LogP contribution in [0.1, 0.15) is 20.3 Å². The Morgan fingerprint density at radius 1 is 1.25 bits per heavy atom. The van der Waals surface area contributed by atoms with E-state index in [4.69, 9.17) is 5.11 Å². The van der Waals surface area contributed by atoms with Gasteiger partial charge in [-0.1, -0.05) is 6.92 Å². The van der Waals surface area contributed by atoms with Crippen LogP contribution in [0.3, 0.4) is 0 Å². The number of hydrogen-bond acceptors (Lipinski definition) is 4. The number of amides is 1. The molecule has 0 aliphatic rings. The molecule has 0 saturated carbocycles. The zero-order valence-corrected chi connectivity index (χ0v) is 12.4. The van der Waals surface area contributed by atoms with Crippen LogP contribution in [-0.4, -0.2) is 43.8 Å². The zero-order valence-electron chi connectivity index (χ0n) is 12.4. The van der Waals surface area contributed by atoms with Crippen molar-refractivity contribution in [3.63, 3.8) is 0 Å². The summed E-state index contributed by atoms with van der Waals surface area (Å²) in [5.74, 6) is -0.0334. The maximum absolute atomic E-state index is 11.6. The minimum Gasteiger partial charge on any atom is -0.395 e. The Morgan fingerprint density at radius 2 is 1.95 bits per heavy atom. The number of rotatable bonds is 9. The molecule has 0 aliphatic carbocycles. The number of carbonyl (C=O) groups excluding carboxylic acids is 1. The summed E-state index contributed by atoms with van der Waals surface area (Å²) < 4.78 is 0. The number of anilines is 2. The molecule has 20 heavy (non-hydrogen) atoms. The summed E-state index contributed by atoms with van der Waals surface area (Å²) in [6, 6.07) is 7.67. The summed E-state index contributed by atoms with van der Waals surface area (Å²) in [4.78, 5) is 13.7. The van der Waals surface area contributed by atoms with Gasteiger partial charge in [0, 0.05) is 24.5 Å². The Balaban J connectivity index is 2.51. The molecule has 0 aliphatic heterocycles. The van der Waals surface area contributed by atoms with Crippen LogP contribution >= 0.6 is 0 Å². The fraction of sp³-hybridized carbons (Fsp3) is 0.533. The molecule has 0 radical (unpaired) electrons. The first-order valence-corrected chi connectivity index (χ1v) is 7.17. The molecule has 3 N–H and O–H groups in total. The van der Waals surface area contributed by atoms with Gasteiger partial charge in [0.05, 0.1) is 13.2 Å². The molecule has 112 valence electrons. The van der Waals surface area contributed by atoms with E-state index in [1.54, 1.807) is 0 Å². The molecule has 1 aromatic carbocycles. The smallest absolute Gasteiger partial charge is 0.238 e. The van der Waals surface area contributed by atoms with Crippen LogP contribution in [0.4, 0.5) is 11.4 Å². The molecule has 1 rings (SSSR count). The number of aliphatic hydroxyl groups is 1. The highest BCUT2D eigenvalue weighted by Crippen LogP contribution is 2.17. The van der Waals surface area contributed by atoms with Crippen molar-refractivity contribution in [1.82, 2.24) is 5.32 Å². The molecule has 0 fully saturated rings. The molecule has 1 amide bonds. The maximum atomic E-state index is 11.6. The summed E-state index contributed by atoms with van der Waals surface area (Å²) in [6.45, 7) is 6.88. The second-order valence-corrected chi connectivity index (χ2v) is 4.58. The lowest BCUT2D eigenvalue weighted by atomic mass is 10.2. The number of hydrogen-bond donors (Lipinski definition) is 3. The minimum absolute atomic E-state index is 0.0334. The summed E-state index contributed by atoms with van der Waals surface area (Å²) in [5.41, 5.74) is 1.83. The van der Waals surface area contributed by atoms with E-state index in [-0.39, 0.29) is 12.5 Å². The number of carbonyl (C=O) groups is 1. The molecule has 0 saturated heterocycles. The number of benzene rings is 1. The monoisotopic (exact) mass is 279 g/mol. The Bertz CT molecular complexity index is 393. The van der Waals surface area contributed by atoms with Crippen LogP contribution in [0.2, 0.25) is 0 Å². The van der Waals surface area contributed by atoms with E-state index in [0.717, 1.165) is 30.9 Å². The van der Waals surface area contributed by atoms with Crippen molar-refractivity contribution in [3.8, 4) is 0 Å². The predicted octanol–water partition coefficient (Wildman–Crippen LogP) is 1.44. The van der Waals surface area contributed by atoms with Crippen LogP contribution in [0.5, 0.6) is 0 Å². The van der Waals surface area contributed by atoms with E-state index in [0.29, 0.717) is 13.1 Å². The van der Waals surface area contributed by atoms with Gasteiger partial charge in [-0.15, -0.1) is 0 Å². The molecule has 0 atom stereocenters. The average molecular weight is 279 g/mol. The lowest BCUT2D eigenvalue weighted by Crippen LogP contribution is -2.28. The van der Waals surface area contributed by atoms with Gasteiger partial charge in [-0.2, -0.15) is 0 Å². The molecule has 0 unspecified atom stereocenters. The fourth-order valence-electron chi connectivity index (χ4n) is 1.93. The van der Waals surface area contributed by atoms with E-state index in [1.165, 1.54) is 0 Å². The standard InChI is InChI=1S/C15H25N3O2/c1-3-9-16-12-15(20)17-13-5-7-14(8-6-13)18(4-2)10-11-19/h5-8,16,19H,3-4,9-12H2,1-2H3,(H,17,20). The zero-order chi connectivity index (χ0) is 14.8. The fourth-order valence-corrected chi connectivity index (χ4v) is 1.93. The van der Waals surface area contributed by atoms with E-state index in [9.17, 15) is 4.79 Å². The molecule has 5 nitrogen and oxygen atoms in total. The van der Waals surface area contributed by atoms with Crippen LogP contribution in [0.15, 0.2) is 24.3 Å². The topological polar surface area (TPSA) is 64.6 Å². The first-order valence-electron chi connectivity index (χ1n) is 7.17. The number of nitrogens with zero attached hydrogens (tertiary/aromatic N) is 1. The lowest BCUT2D eigenvalue weighted by Gasteiger charge is -2.22. The third-order valence-electron chi connectivity index (χ3n) is 2.98. The quantitative estimate of drug-likeness (QED) is 0.599. The lowest BCUT2D eigenvalue weighted by molar-refractivity contribution is -0.115. The third kappa shape index (κ3) is 5.59. The molecule has 0 bridgehead atoms. The number of likely N-dealkylation sites (N-methyl/N-ethyl adjacent to an activating group) is 1. The van der Waals surface area contributed by atoms with Gasteiger partial charge in [0.2, 0.25) is 5.91 Å². The summed E-state index contributed by atoms with van der Waals surface area (Å²) in [6.07, 6.45) is 1.01. The average Bonchev–Trinajstić information content (AvgIpc) is 2.46. The molecule has 1 aromatic rings. The van der Waals surface area contributed by atoms with Gasteiger partial charge in [-0.05, 0) is 44.2 Å². The predicted molar refractivity (Wildman–Crippen MR) is 83.2 cm³/mol. The maximum Gasteiger partial charge on any atom is 0.238 e. The normalized spacial score (nSPS) is 10.3. The van der Waals surface area contributed by atoms with Crippen molar-refractivity contribution in [2.45, 2.75) is 20.3 Å². The van der Waals surface area contributed by atoms with Crippen molar-refractivity contribution >= 4 is 17.3 Å². The highest BCUT2D eigenvalue weighted by Gasteiger charge is 2.05. The van der Waals surface area contributed by atoms with E-state index >= 15 is 0 Å². The highest BCUT2D eigenvalue weighted by molar-refractivity contribution is 5.92. The minimum atomic E-state index is -0.0334. The van der Waals surface area contributed by atoms with E-state index in [2.05, 4.69) is 22.5 Å². The Labute approximate surface area is 121 Å². The first kappa shape index (κ1) is 16.5. The van der Waals surface area contributed by atoms with Crippen molar-refractivity contribution in [2.75, 3.05) is 43.0 Å². The molecule has 0 spiro atoms. The summed E-state index contributed by atoms with van der Waals surface area (Å²) >= 11 is 0. The second-order valence-electron chi connectivity index (χ2n) is 4.58. The van der Waals surface area contributed by atoms with Gasteiger partial charge in [0.25, 0.3) is 0 Å². The molecule has 5 heteroatoms. The molecule has 0 heterocycles. The van der Waals surface area contributed by atoms with Gasteiger partial charge in [0.1, 0.15) is 0 Å². The van der Waals surface area contributed by atoms with Crippen LogP contribution in [-0.2, 0) is 4.79 Å². The first-order chi connectivity index (χ1) is 9.71. The van der Waals surface area contributed by atoms with Gasteiger partial charge >= 0.3 is 0 Å². The van der Waals surface area contributed by atoms with Crippen molar-refractivity contribution in [3.05, 3.63) is 24.3 Å². The summed E-state index contributed by atoms with van der Waals surface area (Å²) in [7, 11) is 0. The van der Waals surface area contributed by atoms with Gasteiger partial charge in [0.15, 0.2) is 0 Å². The molecule has 0 aromatic heterocycles. The Hall–Kier alpha value is -1.59. The largest absolute Gasteiger partial charge is 0.395 e. The van der Waals surface area contributed by atoms with Crippen LogP contribution in [0, 0.1) is 0 Å². The number of aliphatic hydroxyl groups excluding tert-OH is 1. The van der Waals surface area contributed by atoms with E-state index in [1.807, 2.05) is 31.2 Å². The van der Waals surface area contributed by atoms with Gasteiger partial charge in [-0.25, -0.2) is 0 Å². The third-order valence-corrected chi connectivity index (χ3v) is 2.98. The van der Waals surface area contributed by atoms with Gasteiger partial charge in [-0.3, -0.25) is 4.79 Å². The van der Waals surface area contributed by atoms with Crippen molar-refractivity contribution in [1.29, 1.82) is 0 Å². The van der Waals surface area contributed by atoms with Crippen LogP contribution in [0.25, 0.3) is 0 Å². The van der Waals surface area contributed by atoms with Crippen molar-refractivity contribution < 1.29 is 9.90 Å². The highest BCUT2D eigenvalue weighted by atomic mass is 16.3. The molecular weight excluding hydrogens is 254 g/mol. The number of nitrogens with one attached hydrogen (secondary N) is 2.